The third-order valence-electron chi connectivity index (χ3n) is 3.31. The van der Waals surface area contributed by atoms with Gasteiger partial charge in [-0.3, -0.25) is 0 Å². The summed E-state index contributed by atoms with van der Waals surface area (Å²) in [6.07, 6.45) is 4.84. The van der Waals surface area contributed by atoms with Gasteiger partial charge in [0.2, 0.25) is 0 Å². The van der Waals surface area contributed by atoms with E-state index in [1.165, 1.54) is 31.7 Å². The van der Waals surface area contributed by atoms with Crippen LogP contribution in [0.3, 0.4) is 0 Å². The average molecular weight is 238 g/mol. The van der Waals surface area contributed by atoms with E-state index in [1.807, 2.05) is 0 Å². The number of fused-ring (bicyclic) bond motifs is 1. The molecule has 1 aromatic heterocycles. The molecule has 1 N–H and O–H groups in total. The molecule has 3 rings (SSSR count). The SMILES string of the molecule is Oc1cc2onc(C3CCCC3)c2cc1Cl. The molecule has 0 atom stereocenters. The fourth-order valence-electron chi connectivity index (χ4n) is 2.46. The Morgan fingerprint density at radius 2 is 2.06 bits per heavy atom. The van der Waals surface area contributed by atoms with Crippen molar-refractivity contribution in [1.29, 1.82) is 0 Å². The first kappa shape index (κ1) is 9.97. The number of phenols is 1. The number of hydrogen-bond acceptors (Lipinski definition) is 3. The maximum absolute atomic E-state index is 9.47. The largest absolute Gasteiger partial charge is 0.506 e. The summed E-state index contributed by atoms with van der Waals surface area (Å²) >= 11 is 5.90. The molecule has 2 aromatic rings. The standard InChI is InChI=1S/C12H12ClNO2/c13-9-5-8-11(6-10(9)15)16-14-12(8)7-3-1-2-4-7/h5-7,15H,1-4H2. The second kappa shape index (κ2) is 3.67. The second-order valence-corrected chi connectivity index (χ2v) is 4.76. The Bertz CT molecular complexity index is 529. The van der Waals surface area contributed by atoms with Crippen LogP contribution in [0.5, 0.6) is 5.75 Å². The van der Waals surface area contributed by atoms with Crippen molar-refractivity contribution >= 4 is 22.6 Å². The minimum Gasteiger partial charge on any atom is -0.506 e. The normalized spacial score (nSPS) is 17.3. The van der Waals surface area contributed by atoms with Gasteiger partial charge in [0.25, 0.3) is 0 Å². The van der Waals surface area contributed by atoms with Gasteiger partial charge in [-0.1, -0.05) is 29.6 Å². The van der Waals surface area contributed by atoms with Crippen LogP contribution in [0, 0.1) is 0 Å². The van der Waals surface area contributed by atoms with Gasteiger partial charge in [-0.05, 0) is 18.9 Å². The van der Waals surface area contributed by atoms with Gasteiger partial charge in [-0.25, -0.2) is 0 Å². The number of phenolic OH excluding ortho intramolecular Hbond substituents is 1. The monoisotopic (exact) mass is 237 g/mol. The molecule has 16 heavy (non-hydrogen) atoms. The van der Waals surface area contributed by atoms with Gasteiger partial charge in [0.05, 0.1) is 10.7 Å². The van der Waals surface area contributed by atoms with Crippen molar-refractivity contribution in [2.75, 3.05) is 0 Å². The minimum absolute atomic E-state index is 0.0447. The number of aromatic hydroxyl groups is 1. The molecule has 0 spiro atoms. The van der Waals surface area contributed by atoms with Crippen molar-refractivity contribution in [3.8, 4) is 5.75 Å². The number of nitrogens with zero attached hydrogens (tertiary/aromatic N) is 1. The second-order valence-electron chi connectivity index (χ2n) is 4.35. The van der Waals surface area contributed by atoms with Crippen molar-refractivity contribution in [2.45, 2.75) is 31.6 Å². The first-order valence-corrected chi connectivity index (χ1v) is 5.91. The summed E-state index contributed by atoms with van der Waals surface area (Å²) < 4.78 is 5.23. The molecule has 0 aliphatic heterocycles. The fourth-order valence-corrected chi connectivity index (χ4v) is 2.62. The fraction of sp³-hybridized carbons (Fsp3) is 0.417. The van der Waals surface area contributed by atoms with Crippen molar-refractivity contribution < 1.29 is 9.63 Å². The zero-order chi connectivity index (χ0) is 11.1. The molecule has 0 amide bonds. The molecule has 0 unspecified atom stereocenters. The molecule has 1 aliphatic rings. The topological polar surface area (TPSA) is 46.3 Å². The molecule has 0 bridgehead atoms. The molecule has 0 radical (unpaired) electrons. The van der Waals surface area contributed by atoms with Gasteiger partial charge in [0, 0.05) is 17.4 Å². The summed E-state index contributed by atoms with van der Waals surface area (Å²) in [5, 5.41) is 14.9. The highest BCUT2D eigenvalue weighted by Crippen LogP contribution is 2.39. The Morgan fingerprint density at radius 1 is 1.31 bits per heavy atom. The molecule has 4 heteroatoms. The molecular formula is C12H12ClNO2. The van der Waals surface area contributed by atoms with Crippen LogP contribution in [0.2, 0.25) is 5.02 Å². The number of aromatic nitrogens is 1. The summed E-state index contributed by atoms with van der Waals surface area (Å²) in [4.78, 5) is 0. The van der Waals surface area contributed by atoms with Gasteiger partial charge < -0.3 is 9.63 Å². The Balaban J connectivity index is 2.15. The van der Waals surface area contributed by atoms with Crippen LogP contribution in [0.15, 0.2) is 16.7 Å². The summed E-state index contributed by atoms with van der Waals surface area (Å²) in [6, 6.07) is 3.28. The zero-order valence-electron chi connectivity index (χ0n) is 8.74. The van der Waals surface area contributed by atoms with Crippen LogP contribution in [-0.4, -0.2) is 10.3 Å². The van der Waals surface area contributed by atoms with E-state index < -0.39 is 0 Å². The van der Waals surface area contributed by atoms with Crippen molar-refractivity contribution in [1.82, 2.24) is 5.16 Å². The van der Waals surface area contributed by atoms with Crippen LogP contribution in [0.25, 0.3) is 11.0 Å². The summed E-state index contributed by atoms with van der Waals surface area (Å²) in [5.41, 5.74) is 1.61. The lowest BCUT2D eigenvalue weighted by molar-refractivity contribution is 0.433. The third-order valence-corrected chi connectivity index (χ3v) is 3.61. The predicted octanol–water partition coefficient (Wildman–Crippen LogP) is 3.84. The highest BCUT2D eigenvalue weighted by Gasteiger charge is 2.23. The van der Waals surface area contributed by atoms with E-state index in [-0.39, 0.29) is 5.75 Å². The smallest absolute Gasteiger partial charge is 0.170 e. The van der Waals surface area contributed by atoms with E-state index in [9.17, 15) is 5.11 Å². The molecule has 84 valence electrons. The van der Waals surface area contributed by atoms with Gasteiger partial charge in [-0.15, -0.1) is 0 Å². The molecule has 1 aliphatic carbocycles. The molecule has 1 heterocycles. The lowest BCUT2D eigenvalue weighted by Gasteiger charge is -2.04. The van der Waals surface area contributed by atoms with Crippen LogP contribution in [0.4, 0.5) is 0 Å². The Kier molecular flexibility index (Phi) is 2.28. The van der Waals surface area contributed by atoms with Crippen LogP contribution in [0.1, 0.15) is 37.3 Å². The van der Waals surface area contributed by atoms with E-state index in [4.69, 9.17) is 16.1 Å². The number of hydrogen-bond donors (Lipinski definition) is 1. The zero-order valence-corrected chi connectivity index (χ0v) is 9.50. The van der Waals surface area contributed by atoms with Crippen molar-refractivity contribution in [3.05, 3.63) is 22.8 Å². The number of rotatable bonds is 1. The van der Waals surface area contributed by atoms with Crippen LogP contribution in [-0.2, 0) is 0 Å². The highest BCUT2D eigenvalue weighted by molar-refractivity contribution is 6.32. The van der Waals surface area contributed by atoms with E-state index in [0.717, 1.165) is 11.1 Å². The predicted molar refractivity (Wildman–Crippen MR) is 61.9 cm³/mol. The minimum atomic E-state index is 0.0447. The van der Waals surface area contributed by atoms with E-state index in [0.29, 0.717) is 16.5 Å². The Labute approximate surface area is 98.0 Å². The van der Waals surface area contributed by atoms with Crippen molar-refractivity contribution in [3.63, 3.8) is 0 Å². The number of benzene rings is 1. The molecule has 3 nitrogen and oxygen atoms in total. The highest BCUT2D eigenvalue weighted by atomic mass is 35.5. The van der Waals surface area contributed by atoms with E-state index in [2.05, 4.69) is 5.16 Å². The first-order valence-electron chi connectivity index (χ1n) is 5.53. The van der Waals surface area contributed by atoms with E-state index in [1.54, 1.807) is 6.07 Å². The van der Waals surface area contributed by atoms with E-state index >= 15 is 0 Å². The molecule has 1 fully saturated rings. The van der Waals surface area contributed by atoms with Gasteiger partial charge in [-0.2, -0.15) is 0 Å². The van der Waals surface area contributed by atoms with Gasteiger partial charge >= 0.3 is 0 Å². The van der Waals surface area contributed by atoms with Gasteiger partial charge in [0.1, 0.15) is 5.75 Å². The van der Waals surface area contributed by atoms with Crippen molar-refractivity contribution in [2.24, 2.45) is 0 Å². The maximum Gasteiger partial charge on any atom is 0.170 e. The molecule has 0 saturated heterocycles. The Hall–Kier alpha value is -1.22. The quantitative estimate of drug-likeness (QED) is 0.820. The Morgan fingerprint density at radius 3 is 2.81 bits per heavy atom. The summed E-state index contributed by atoms with van der Waals surface area (Å²) in [7, 11) is 0. The lowest BCUT2D eigenvalue weighted by Crippen LogP contribution is -1.92. The lowest BCUT2D eigenvalue weighted by atomic mass is 10.0. The summed E-state index contributed by atoms with van der Waals surface area (Å²) in [6.45, 7) is 0. The molecular weight excluding hydrogens is 226 g/mol. The molecule has 1 saturated carbocycles. The number of halogens is 1. The molecule has 1 aromatic carbocycles. The average Bonchev–Trinajstić information content (AvgIpc) is 2.87. The van der Waals surface area contributed by atoms with Crippen LogP contribution >= 0.6 is 11.6 Å². The maximum atomic E-state index is 9.47. The summed E-state index contributed by atoms with van der Waals surface area (Å²) in [5.74, 6) is 0.533. The van der Waals surface area contributed by atoms with Gasteiger partial charge in [0.15, 0.2) is 5.58 Å². The first-order chi connectivity index (χ1) is 7.75. The third kappa shape index (κ3) is 1.47. The van der Waals surface area contributed by atoms with Crippen LogP contribution < -0.4 is 0 Å².